The summed E-state index contributed by atoms with van der Waals surface area (Å²) in [5.41, 5.74) is 1.47. The fraction of sp³-hybridized carbons (Fsp3) is 0.0714. The van der Waals surface area contributed by atoms with Crippen molar-refractivity contribution in [3.05, 3.63) is 63.7 Å². The molecule has 3 aromatic rings. The molecule has 0 aliphatic carbocycles. The molecule has 2 heterocycles. The van der Waals surface area contributed by atoms with Crippen molar-refractivity contribution in [1.82, 2.24) is 9.38 Å². The number of hydrogen-bond donors (Lipinski definition) is 0. The molecule has 3 nitrogen and oxygen atoms in total. The summed E-state index contributed by atoms with van der Waals surface area (Å²) < 4.78 is 21.5. The van der Waals surface area contributed by atoms with Crippen molar-refractivity contribution in [3.8, 4) is 5.75 Å². The minimum Gasteiger partial charge on any atom is -0.484 e. The topological polar surface area (TPSA) is 26.5 Å². The van der Waals surface area contributed by atoms with E-state index >= 15 is 0 Å². The van der Waals surface area contributed by atoms with Gasteiger partial charge in [-0.1, -0.05) is 27.5 Å². The number of imidazole rings is 1. The Labute approximate surface area is 128 Å². The average molecular weight is 356 g/mol. The van der Waals surface area contributed by atoms with Crippen LogP contribution in [0.4, 0.5) is 4.39 Å². The molecule has 0 fully saturated rings. The van der Waals surface area contributed by atoms with Gasteiger partial charge in [-0.15, -0.1) is 0 Å². The molecule has 0 spiro atoms. The Hall–Kier alpha value is -1.59. The molecule has 1 aromatic carbocycles. The van der Waals surface area contributed by atoms with Crippen LogP contribution in [0.15, 0.2) is 47.2 Å². The van der Waals surface area contributed by atoms with Gasteiger partial charge in [0, 0.05) is 16.9 Å². The van der Waals surface area contributed by atoms with Gasteiger partial charge in [0.25, 0.3) is 0 Å². The Kier molecular flexibility index (Phi) is 3.63. The van der Waals surface area contributed by atoms with Crippen molar-refractivity contribution in [2.24, 2.45) is 0 Å². The fourth-order valence-electron chi connectivity index (χ4n) is 1.83. The predicted octanol–water partition coefficient (Wildman–Crippen LogP) is 4.47. The standard InChI is InChI=1S/C14H9BrClFN2O/c15-9-1-3-13(12(17)5-9)20-8-11-7-19-6-10(16)2-4-14(19)18-11/h1-7H,8H2. The molecular weight excluding hydrogens is 347 g/mol. The van der Waals surface area contributed by atoms with Crippen molar-refractivity contribution in [3.63, 3.8) is 0 Å². The van der Waals surface area contributed by atoms with Crippen molar-refractivity contribution in [2.75, 3.05) is 0 Å². The van der Waals surface area contributed by atoms with E-state index in [4.69, 9.17) is 16.3 Å². The van der Waals surface area contributed by atoms with Gasteiger partial charge < -0.3 is 9.14 Å². The second kappa shape index (κ2) is 5.42. The monoisotopic (exact) mass is 354 g/mol. The first-order valence-electron chi connectivity index (χ1n) is 5.83. The molecule has 0 radical (unpaired) electrons. The molecule has 2 aromatic heterocycles. The second-order valence-electron chi connectivity index (χ2n) is 4.21. The number of nitrogens with zero attached hydrogens (tertiary/aromatic N) is 2. The lowest BCUT2D eigenvalue weighted by Crippen LogP contribution is -1.97. The molecule has 3 rings (SSSR count). The van der Waals surface area contributed by atoms with E-state index in [0.717, 1.165) is 5.65 Å². The number of ether oxygens (including phenoxy) is 1. The highest BCUT2D eigenvalue weighted by atomic mass is 79.9. The van der Waals surface area contributed by atoms with Crippen molar-refractivity contribution in [1.29, 1.82) is 0 Å². The van der Waals surface area contributed by atoms with E-state index < -0.39 is 5.82 Å². The largest absolute Gasteiger partial charge is 0.484 e. The zero-order chi connectivity index (χ0) is 14.1. The number of pyridine rings is 1. The van der Waals surface area contributed by atoms with E-state index in [-0.39, 0.29) is 12.4 Å². The highest BCUT2D eigenvalue weighted by Gasteiger charge is 2.07. The first-order chi connectivity index (χ1) is 9.61. The normalized spacial score (nSPS) is 10.9. The van der Waals surface area contributed by atoms with Gasteiger partial charge in [-0.3, -0.25) is 0 Å². The predicted molar refractivity (Wildman–Crippen MR) is 78.6 cm³/mol. The van der Waals surface area contributed by atoms with Gasteiger partial charge in [-0.25, -0.2) is 9.37 Å². The third-order valence-corrected chi connectivity index (χ3v) is 3.45. The molecule has 0 atom stereocenters. The Morgan fingerprint density at radius 2 is 2.10 bits per heavy atom. The van der Waals surface area contributed by atoms with E-state index in [1.807, 2.05) is 6.07 Å². The summed E-state index contributed by atoms with van der Waals surface area (Å²) in [5.74, 6) is -0.213. The summed E-state index contributed by atoms with van der Waals surface area (Å²) >= 11 is 9.10. The summed E-state index contributed by atoms with van der Waals surface area (Å²) in [4.78, 5) is 4.36. The third-order valence-electron chi connectivity index (χ3n) is 2.73. The van der Waals surface area contributed by atoms with Crippen LogP contribution in [-0.4, -0.2) is 9.38 Å². The highest BCUT2D eigenvalue weighted by molar-refractivity contribution is 9.10. The number of fused-ring (bicyclic) bond motifs is 1. The van der Waals surface area contributed by atoms with Crippen molar-refractivity contribution < 1.29 is 9.13 Å². The fourth-order valence-corrected chi connectivity index (χ4v) is 2.33. The van der Waals surface area contributed by atoms with Crippen LogP contribution in [0.2, 0.25) is 5.02 Å². The van der Waals surface area contributed by atoms with Crippen LogP contribution in [0.5, 0.6) is 5.75 Å². The smallest absolute Gasteiger partial charge is 0.166 e. The van der Waals surface area contributed by atoms with Gasteiger partial charge in [0.1, 0.15) is 12.3 Å². The lowest BCUT2D eigenvalue weighted by molar-refractivity contribution is 0.286. The van der Waals surface area contributed by atoms with Crippen LogP contribution >= 0.6 is 27.5 Å². The summed E-state index contributed by atoms with van der Waals surface area (Å²) in [6.45, 7) is 0.192. The highest BCUT2D eigenvalue weighted by Crippen LogP contribution is 2.22. The molecule has 0 aliphatic rings. The van der Waals surface area contributed by atoms with Crippen molar-refractivity contribution in [2.45, 2.75) is 6.61 Å². The first-order valence-corrected chi connectivity index (χ1v) is 7.00. The lowest BCUT2D eigenvalue weighted by atomic mass is 10.3. The van der Waals surface area contributed by atoms with Gasteiger partial charge >= 0.3 is 0 Å². The number of rotatable bonds is 3. The molecule has 20 heavy (non-hydrogen) atoms. The molecule has 0 aliphatic heterocycles. The number of halogens is 3. The van der Waals surface area contributed by atoms with Crippen molar-refractivity contribution >= 4 is 33.2 Å². The Morgan fingerprint density at radius 3 is 2.90 bits per heavy atom. The van der Waals surface area contributed by atoms with Gasteiger partial charge in [0.15, 0.2) is 11.6 Å². The maximum Gasteiger partial charge on any atom is 0.166 e. The van der Waals surface area contributed by atoms with Crippen LogP contribution in [-0.2, 0) is 6.61 Å². The zero-order valence-electron chi connectivity index (χ0n) is 10.2. The Bertz CT molecular complexity index is 775. The minimum atomic E-state index is -0.411. The quantitative estimate of drug-likeness (QED) is 0.693. The molecule has 0 unspecified atom stereocenters. The average Bonchev–Trinajstić information content (AvgIpc) is 2.79. The van der Waals surface area contributed by atoms with Crippen LogP contribution < -0.4 is 4.74 Å². The van der Waals surface area contributed by atoms with E-state index in [0.29, 0.717) is 15.2 Å². The summed E-state index contributed by atoms with van der Waals surface area (Å²) in [5, 5.41) is 0.626. The molecule has 0 saturated heterocycles. The minimum absolute atomic E-state index is 0.192. The molecule has 102 valence electrons. The Balaban J connectivity index is 1.79. The molecule has 0 bridgehead atoms. The molecule has 6 heteroatoms. The van der Waals surface area contributed by atoms with E-state index in [9.17, 15) is 4.39 Å². The van der Waals surface area contributed by atoms with Gasteiger partial charge in [0.05, 0.1) is 10.7 Å². The number of aromatic nitrogens is 2. The summed E-state index contributed by atoms with van der Waals surface area (Å²) in [6, 6.07) is 8.24. The van der Waals surface area contributed by atoms with Crippen LogP contribution in [0.3, 0.4) is 0 Å². The number of benzene rings is 1. The van der Waals surface area contributed by atoms with E-state index in [2.05, 4.69) is 20.9 Å². The van der Waals surface area contributed by atoms with E-state index in [1.54, 1.807) is 35.0 Å². The lowest BCUT2D eigenvalue weighted by Gasteiger charge is -2.05. The molecule has 0 amide bonds. The molecule has 0 N–H and O–H groups in total. The summed E-state index contributed by atoms with van der Waals surface area (Å²) in [7, 11) is 0. The maximum absolute atomic E-state index is 13.6. The van der Waals surface area contributed by atoms with Gasteiger partial charge in [-0.2, -0.15) is 0 Å². The van der Waals surface area contributed by atoms with Gasteiger partial charge in [-0.05, 0) is 30.3 Å². The summed E-state index contributed by atoms with van der Waals surface area (Å²) in [6.07, 6.45) is 3.56. The van der Waals surface area contributed by atoms with Gasteiger partial charge in [0.2, 0.25) is 0 Å². The van der Waals surface area contributed by atoms with Crippen LogP contribution in [0.1, 0.15) is 5.69 Å². The molecular formula is C14H9BrClFN2O. The molecule has 0 saturated carbocycles. The third kappa shape index (κ3) is 2.78. The van der Waals surface area contributed by atoms with Crippen LogP contribution in [0.25, 0.3) is 5.65 Å². The zero-order valence-corrected chi connectivity index (χ0v) is 12.5. The second-order valence-corrected chi connectivity index (χ2v) is 5.56. The van der Waals surface area contributed by atoms with Crippen LogP contribution in [0, 0.1) is 5.82 Å². The maximum atomic E-state index is 13.6. The van der Waals surface area contributed by atoms with E-state index in [1.165, 1.54) is 6.07 Å². The SMILES string of the molecule is Fc1cc(Br)ccc1OCc1cn2cc(Cl)ccc2n1. The number of hydrogen-bond acceptors (Lipinski definition) is 2. The first kappa shape index (κ1) is 13.4. The Morgan fingerprint density at radius 1 is 1.25 bits per heavy atom.